The van der Waals surface area contributed by atoms with Gasteiger partial charge in [-0.3, -0.25) is 0 Å². The molecule has 0 rings (SSSR count). The first-order chi connectivity index (χ1) is 3.91. The Kier molecular flexibility index (Phi) is 11.2. The van der Waals surface area contributed by atoms with E-state index in [1.165, 1.54) is 0 Å². The second kappa shape index (κ2) is 9.00. The van der Waals surface area contributed by atoms with Gasteiger partial charge in [0.2, 0.25) is 0 Å². The van der Waals surface area contributed by atoms with E-state index in [1.54, 1.807) is 15.9 Å². The molecule has 0 saturated carbocycles. The summed E-state index contributed by atoms with van der Waals surface area (Å²) in [6.07, 6.45) is 0. The molecule has 4 N–H and O–H groups in total. The minimum atomic E-state index is -0.335. The van der Waals surface area contributed by atoms with E-state index >= 15 is 0 Å². The van der Waals surface area contributed by atoms with Gasteiger partial charge in [0.25, 0.3) is 0 Å². The standard InChI is InChI=1S/H4I2N2O2S2/c3-5-1-7-8-2-6-4/h3-4H2/q-2. The van der Waals surface area contributed by atoms with Crippen LogP contribution in [0.4, 0.5) is 0 Å². The van der Waals surface area contributed by atoms with Crippen LogP contribution in [0, 0.1) is 0 Å². The van der Waals surface area contributed by atoms with Crippen LogP contribution in [-0.2, 0) is 6.33 Å². The molecule has 0 radical (unpaired) electrons. The van der Waals surface area contributed by atoms with Crippen molar-refractivity contribution in [1.29, 1.82) is 0 Å². The zero-order valence-corrected chi connectivity index (χ0v) is 9.49. The Balaban J connectivity index is 2.53. The second-order valence-corrected chi connectivity index (χ2v) is 11.3. The molecule has 0 saturated heterocycles. The summed E-state index contributed by atoms with van der Waals surface area (Å²) in [6.45, 7) is 0. The molecule has 0 unspecified atom stereocenters. The molecule has 4 nitrogen and oxygen atoms in total. The Morgan fingerprint density at radius 2 is 1.38 bits per heavy atom. The van der Waals surface area contributed by atoms with E-state index in [2.05, 4.69) is 6.33 Å². The minimum absolute atomic E-state index is 0.335. The third kappa shape index (κ3) is 8.00. The van der Waals surface area contributed by atoms with Crippen molar-refractivity contribution in [3.63, 3.8) is 0 Å². The summed E-state index contributed by atoms with van der Waals surface area (Å²) in [5, 5.41) is 0. The van der Waals surface area contributed by atoms with Crippen molar-refractivity contribution in [3.8, 4) is 0 Å². The summed E-state index contributed by atoms with van der Waals surface area (Å²) in [7, 11) is 3.20. The number of rotatable bonds is 5. The molecule has 0 atom stereocenters. The van der Waals surface area contributed by atoms with Crippen LogP contribution in [0.5, 0.6) is 0 Å². The van der Waals surface area contributed by atoms with Crippen LogP contribution in [0.25, 0.3) is 0 Å². The van der Waals surface area contributed by atoms with Crippen LogP contribution in [-0.4, -0.2) is 0 Å². The molecule has 0 fully saturated rings. The molecule has 0 aromatic heterocycles. The quantitative estimate of drug-likeness (QED) is 0.214. The number of hydrogen-bond acceptors (Lipinski definition) is 6. The van der Waals surface area contributed by atoms with Crippen molar-refractivity contribution in [1.82, 2.24) is 0 Å². The second-order valence-electron chi connectivity index (χ2n) is 0.430. The SMILES string of the molecule is NO[I-]SS[I-]ON. The molecular weight excluding hydrogens is 378 g/mol. The summed E-state index contributed by atoms with van der Waals surface area (Å²) < 4.78 is 8.72. The Bertz CT molecular complexity index is 41.0. The third-order valence-electron chi connectivity index (χ3n) is 0.148. The number of halogens is 2. The fraction of sp³-hybridized carbons (Fsp3) is 0. The van der Waals surface area contributed by atoms with E-state index in [-0.39, 0.29) is 40.5 Å². The molecule has 54 valence electrons. The number of nitrogens with two attached hydrogens (primary N) is 2. The van der Waals surface area contributed by atoms with Gasteiger partial charge >= 0.3 is 74.5 Å². The Morgan fingerprint density at radius 1 is 1.00 bits per heavy atom. The van der Waals surface area contributed by atoms with Gasteiger partial charge in [0.05, 0.1) is 0 Å². The van der Waals surface area contributed by atoms with Crippen molar-refractivity contribution >= 4 is 15.9 Å². The fourth-order valence-electron chi connectivity index (χ4n) is 0.0491. The van der Waals surface area contributed by atoms with Crippen molar-refractivity contribution < 1.29 is 46.8 Å². The molecule has 8 heavy (non-hydrogen) atoms. The van der Waals surface area contributed by atoms with E-state index in [0.29, 0.717) is 0 Å². The van der Waals surface area contributed by atoms with Crippen molar-refractivity contribution in [2.24, 2.45) is 11.8 Å². The van der Waals surface area contributed by atoms with Crippen LogP contribution in [0.15, 0.2) is 0 Å². The maximum atomic E-state index is 4.77. The van der Waals surface area contributed by atoms with Gasteiger partial charge in [-0.1, -0.05) is 0 Å². The molecular formula is H4I2N2O2S2-2. The van der Waals surface area contributed by atoms with Crippen LogP contribution in [0.2, 0.25) is 0 Å². The van der Waals surface area contributed by atoms with Gasteiger partial charge in [-0.2, -0.15) is 0 Å². The van der Waals surface area contributed by atoms with Gasteiger partial charge in [0.1, 0.15) is 0 Å². The van der Waals surface area contributed by atoms with Gasteiger partial charge in [-0.25, -0.2) is 0 Å². The molecule has 0 amide bonds. The predicted octanol–water partition coefficient (Wildman–Crippen LogP) is -6.01. The molecule has 0 aromatic rings. The van der Waals surface area contributed by atoms with E-state index in [1.807, 2.05) is 0 Å². The van der Waals surface area contributed by atoms with Crippen LogP contribution in [0.1, 0.15) is 0 Å². The van der Waals surface area contributed by atoms with E-state index in [9.17, 15) is 0 Å². The predicted molar refractivity (Wildman–Crippen MR) is 25.7 cm³/mol. The Morgan fingerprint density at radius 3 is 1.62 bits per heavy atom. The maximum absolute atomic E-state index is 4.77. The average molecular weight is 382 g/mol. The summed E-state index contributed by atoms with van der Waals surface area (Å²) in [4.78, 5) is 0. The average Bonchev–Trinajstić information content (AvgIpc) is 1.81. The summed E-state index contributed by atoms with van der Waals surface area (Å²) in [5.41, 5.74) is 0. The van der Waals surface area contributed by atoms with Gasteiger partial charge in [-0.05, 0) is 0 Å². The Hall–Kier alpha value is 2.00. The Labute approximate surface area is 73.6 Å². The van der Waals surface area contributed by atoms with Crippen molar-refractivity contribution in [3.05, 3.63) is 0 Å². The summed E-state index contributed by atoms with van der Waals surface area (Å²) in [6, 6.07) is 0. The van der Waals surface area contributed by atoms with Crippen LogP contribution in [0.3, 0.4) is 0 Å². The molecule has 0 aliphatic carbocycles. The first-order valence-corrected chi connectivity index (χ1v) is 10.3. The molecule has 0 aliphatic heterocycles. The van der Waals surface area contributed by atoms with Gasteiger partial charge in [0, 0.05) is 0 Å². The first-order valence-electron chi connectivity index (χ1n) is 1.26. The molecule has 8 heteroatoms. The third-order valence-corrected chi connectivity index (χ3v) is 14.2. The zero-order chi connectivity index (χ0) is 6.24. The van der Waals surface area contributed by atoms with Crippen molar-refractivity contribution in [2.75, 3.05) is 0 Å². The molecule has 0 bridgehead atoms. The van der Waals surface area contributed by atoms with Gasteiger partial charge in [0.15, 0.2) is 0 Å². The van der Waals surface area contributed by atoms with E-state index < -0.39 is 0 Å². The van der Waals surface area contributed by atoms with Gasteiger partial charge in [-0.15, -0.1) is 0 Å². The monoisotopic (exact) mass is 382 g/mol. The first kappa shape index (κ1) is 10.0. The van der Waals surface area contributed by atoms with Crippen LogP contribution >= 0.6 is 15.9 Å². The fourth-order valence-corrected chi connectivity index (χ4v) is 9.67. The molecule has 0 spiro atoms. The van der Waals surface area contributed by atoms with Crippen LogP contribution < -0.4 is 52.3 Å². The molecule has 0 aromatic carbocycles. The number of hydrogen-bond donors (Lipinski definition) is 2. The van der Waals surface area contributed by atoms with Crippen molar-refractivity contribution in [2.45, 2.75) is 0 Å². The van der Waals surface area contributed by atoms with E-state index in [4.69, 9.17) is 11.8 Å². The molecule has 0 heterocycles. The normalized spacial score (nSPS) is 10.8. The summed E-state index contributed by atoms with van der Waals surface area (Å²) >= 11 is -0.670. The zero-order valence-electron chi connectivity index (χ0n) is 3.54. The topological polar surface area (TPSA) is 70.5 Å². The van der Waals surface area contributed by atoms with E-state index in [0.717, 1.165) is 0 Å². The summed E-state index contributed by atoms with van der Waals surface area (Å²) in [5.74, 6) is 9.53. The molecule has 0 aliphatic rings. The van der Waals surface area contributed by atoms with Gasteiger partial charge < -0.3 is 0 Å².